The van der Waals surface area contributed by atoms with Gasteiger partial charge in [-0.25, -0.2) is 9.79 Å². The Morgan fingerprint density at radius 2 is 1.83 bits per heavy atom. The van der Waals surface area contributed by atoms with Crippen molar-refractivity contribution < 1.29 is 14.5 Å². The number of ether oxygens (including phenoxy) is 1. The fourth-order valence-corrected chi connectivity index (χ4v) is 2.32. The van der Waals surface area contributed by atoms with Crippen molar-refractivity contribution in [2.24, 2.45) is 4.99 Å². The molecule has 2 aromatic rings. The van der Waals surface area contributed by atoms with E-state index in [1.165, 1.54) is 18.2 Å². The van der Waals surface area contributed by atoms with Crippen LogP contribution in [0.3, 0.4) is 0 Å². The molecular weight excluding hydrogens is 364 g/mol. The van der Waals surface area contributed by atoms with E-state index in [2.05, 4.69) is 20.9 Å². The molecule has 0 radical (unpaired) electrons. The standard InChI is InChI=1S/C16H9BrN2O4/c17-11-7-5-10(6-8-11)9-13-16(20)23-15(18-13)12-3-1-2-4-14(12)19(21)22/h1-9H/b13-9-. The molecule has 2 aromatic carbocycles. The van der Waals surface area contributed by atoms with E-state index in [-0.39, 0.29) is 22.8 Å². The second kappa shape index (κ2) is 6.13. The molecule has 3 rings (SSSR count). The van der Waals surface area contributed by atoms with Crippen LogP contribution in [0.5, 0.6) is 0 Å². The molecule has 23 heavy (non-hydrogen) atoms. The third kappa shape index (κ3) is 3.19. The van der Waals surface area contributed by atoms with Gasteiger partial charge in [-0.3, -0.25) is 10.1 Å². The molecule has 0 saturated heterocycles. The van der Waals surface area contributed by atoms with Crippen LogP contribution in [0.1, 0.15) is 11.1 Å². The molecule has 0 spiro atoms. The quantitative estimate of drug-likeness (QED) is 0.356. The van der Waals surface area contributed by atoms with E-state index in [9.17, 15) is 14.9 Å². The van der Waals surface area contributed by atoms with Crippen LogP contribution < -0.4 is 0 Å². The minimum Gasteiger partial charge on any atom is -0.402 e. The number of cyclic esters (lactones) is 1. The lowest BCUT2D eigenvalue weighted by atomic mass is 10.2. The molecule has 6 nitrogen and oxygen atoms in total. The number of rotatable bonds is 3. The Morgan fingerprint density at radius 1 is 1.13 bits per heavy atom. The summed E-state index contributed by atoms with van der Waals surface area (Å²) in [4.78, 5) is 26.5. The van der Waals surface area contributed by atoms with Crippen molar-refractivity contribution in [3.63, 3.8) is 0 Å². The molecule has 0 amide bonds. The van der Waals surface area contributed by atoms with Gasteiger partial charge in [0.1, 0.15) is 5.56 Å². The van der Waals surface area contributed by atoms with Gasteiger partial charge in [-0.05, 0) is 29.8 Å². The average molecular weight is 373 g/mol. The summed E-state index contributed by atoms with van der Waals surface area (Å²) in [7, 11) is 0. The van der Waals surface area contributed by atoms with E-state index < -0.39 is 10.9 Å². The van der Waals surface area contributed by atoms with E-state index in [0.717, 1.165) is 10.0 Å². The number of aliphatic imine (C=N–C) groups is 1. The zero-order chi connectivity index (χ0) is 16.4. The number of carbonyl (C=O) groups excluding carboxylic acids is 1. The first-order chi connectivity index (χ1) is 11.0. The van der Waals surface area contributed by atoms with E-state index >= 15 is 0 Å². The smallest absolute Gasteiger partial charge is 0.363 e. The topological polar surface area (TPSA) is 81.8 Å². The van der Waals surface area contributed by atoms with Gasteiger partial charge >= 0.3 is 5.97 Å². The molecule has 114 valence electrons. The highest BCUT2D eigenvalue weighted by Gasteiger charge is 2.28. The minimum atomic E-state index is -0.638. The van der Waals surface area contributed by atoms with Crippen molar-refractivity contribution in [2.45, 2.75) is 0 Å². The average Bonchev–Trinajstić information content (AvgIpc) is 2.90. The van der Waals surface area contributed by atoms with Crippen molar-refractivity contribution >= 4 is 39.6 Å². The fourth-order valence-electron chi connectivity index (χ4n) is 2.05. The molecule has 0 fully saturated rings. The largest absolute Gasteiger partial charge is 0.402 e. The number of benzene rings is 2. The molecule has 1 aliphatic rings. The number of hydrogen-bond donors (Lipinski definition) is 0. The molecule has 0 unspecified atom stereocenters. The Balaban J connectivity index is 1.99. The summed E-state index contributed by atoms with van der Waals surface area (Å²) in [6.45, 7) is 0. The van der Waals surface area contributed by atoms with Crippen LogP contribution in [0.4, 0.5) is 5.69 Å². The number of nitro benzene ring substituents is 1. The molecule has 0 N–H and O–H groups in total. The first-order valence-corrected chi connectivity index (χ1v) is 7.36. The van der Waals surface area contributed by atoms with E-state index in [0.29, 0.717) is 0 Å². The molecule has 0 aromatic heterocycles. The summed E-state index contributed by atoms with van der Waals surface area (Å²) in [5.74, 6) is -0.702. The first-order valence-electron chi connectivity index (χ1n) is 6.56. The zero-order valence-corrected chi connectivity index (χ0v) is 13.2. The van der Waals surface area contributed by atoms with Crippen molar-refractivity contribution in [2.75, 3.05) is 0 Å². The summed E-state index contributed by atoms with van der Waals surface area (Å²) < 4.78 is 5.99. The predicted octanol–water partition coefficient (Wildman–Crippen LogP) is 3.70. The van der Waals surface area contributed by atoms with Crippen molar-refractivity contribution in [1.82, 2.24) is 0 Å². The van der Waals surface area contributed by atoms with Gasteiger partial charge in [0.2, 0.25) is 5.90 Å². The molecule has 0 bridgehead atoms. The maximum absolute atomic E-state index is 11.9. The van der Waals surface area contributed by atoms with Crippen LogP contribution in [0.15, 0.2) is 63.7 Å². The Kier molecular flexibility index (Phi) is 4.03. The summed E-state index contributed by atoms with van der Waals surface area (Å²) >= 11 is 3.33. The Labute approximate surface area is 139 Å². The van der Waals surface area contributed by atoms with E-state index in [1.54, 1.807) is 12.1 Å². The second-order valence-corrected chi connectivity index (χ2v) is 5.58. The third-order valence-electron chi connectivity index (χ3n) is 3.13. The van der Waals surface area contributed by atoms with Gasteiger partial charge in [-0.1, -0.05) is 40.2 Å². The number of hydrogen-bond acceptors (Lipinski definition) is 5. The van der Waals surface area contributed by atoms with Crippen LogP contribution in [-0.4, -0.2) is 16.8 Å². The highest BCUT2D eigenvalue weighted by atomic mass is 79.9. The highest BCUT2D eigenvalue weighted by molar-refractivity contribution is 9.10. The second-order valence-electron chi connectivity index (χ2n) is 4.66. The maximum atomic E-state index is 11.9. The van der Waals surface area contributed by atoms with Crippen molar-refractivity contribution in [1.29, 1.82) is 0 Å². The van der Waals surface area contributed by atoms with Crippen molar-refractivity contribution in [3.8, 4) is 0 Å². The number of nitro groups is 1. The first kappa shape index (κ1) is 15.1. The summed E-state index contributed by atoms with van der Waals surface area (Å²) in [6.07, 6.45) is 1.57. The molecule has 7 heteroatoms. The molecular formula is C16H9BrN2O4. The maximum Gasteiger partial charge on any atom is 0.363 e. The number of para-hydroxylation sites is 1. The molecule has 1 heterocycles. The number of carbonyl (C=O) groups is 1. The molecule has 0 atom stereocenters. The molecule has 0 saturated carbocycles. The van der Waals surface area contributed by atoms with Gasteiger partial charge < -0.3 is 4.74 Å². The minimum absolute atomic E-state index is 0.0642. The normalized spacial score (nSPS) is 15.4. The Bertz CT molecular complexity index is 857. The Hall–Kier alpha value is -2.80. The van der Waals surface area contributed by atoms with Gasteiger partial charge in [-0.15, -0.1) is 0 Å². The summed E-state index contributed by atoms with van der Waals surface area (Å²) in [5, 5.41) is 11.1. The molecule has 0 aliphatic carbocycles. The fraction of sp³-hybridized carbons (Fsp3) is 0. The van der Waals surface area contributed by atoms with Crippen LogP contribution in [-0.2, 0) is 9.53 Å². The monoisotopic (exact) mass is 372 g/mol. The van der Waals surface area contributed by atoms with Gasteiger partial charge in [0, 0.05) is 10.5 Å². The van der Waals surface area contributed by atoms with Crippen LogP contribution in [0.25, 0.3) is 6.08 Å². The van der Waals surface area contributed by atoms with Crippen LogP contribution >= 0.6 is 15.9 Å². The lowest BCUT2D eigenvalue weighted by Gasteiger charge is -2.00. The van der Waals surface area contributed by atoms with E-state index in [1.807, 2.05) is 24.3 Å². The zero-order valence-electron chi connectivity index (χ0n) is 11.6. The summed E-state index contributed by atoms with van der Waals surface area (Å²) in [6, 6.07) is 13.3. The summed E-state index contributed by atoms with van der Waals surface area (Å²) in [5.41, 5.74) is 0.877. The lowest BCUT2D eigenvalue weighted by Crippen LogP contribution is -2.07. The SMILES string of the molecule is O=C1OC(c2ccccc2[N+](=O)[O-])=N/C1=C\c1ccc(Br)cc1. The van der Waals surface area contributed by atoms with Crippen LogP contribution in [0, 0.1) is 10.1 Å². The molecule has 1 aliphatic heterocycles. The number of esters is 1. The number of nitrogens with zero attached hydrogens (tertiary/aromatic N) is 2. The predicted molar refractivity (Wildman–Crippen MR) is 87.8 cm³/mol. The third-order valence-corrected chi connectivity index (χ3v) is 3.65. The van der Waals surface area contributed by atoms with Gasteiger partial charge in [0.25, 0.3) is 5.69 Å². The van der Waals surface area contributed by atoms with Gasteiger partial charge in [0.05, 0.1) is 4.92 Å². The lowest BCUT2D eigenvalue weighted by molar-refractivity contribution is -0.385. The van der Waals surface area contributed by atoms with Gasteiger partial charge in [0.15, 0.2) is 5.70 Å². The highest BCUT2D eigenvalue weighted by Crippen LogP contribution is 2.25. The van der Waals surface area contributed by atoms with Crippen LogP contribution in [0.2, 0.25) is 0 Å². The van der Waals surface area contributed by atoms with Gasteiger partial charge in [-0.2, -0.15) is 0 Å². The Morgan fingerprint density at radius 3 is 2.52 bits per heavy atom. The number of halogens is 1. The van der Waals surface area contributed by atoms with Crippen molar-refractivity contribution in [3.05, 3.63) is 79.9 Å². The van der Waals surface area contributed by atoms with E-state index in [4.69, 9.17) is 4.74 Å².